The standard InChI is InChI=1S/C8H9BrN2OS/c9-7-1-5(4-13-7)2-11-3-6(10)8(11)12/h1,4,6H,2-3,10H2. The van der Waals surface area contributed by atoms with Crippen LogP contribution < -0.4 is 5.73 Å². The molecule has 2 N–H and O–H groups in total. The SMILES string of the molecule is NC1CN(Cc2csc(Br)c2)C1=O. The molecule has 0 aromatic carbocycles. The van der Waals surface area contributed by atoms with Gasteiger partial charge in [-0.1, -0.05) is 0 Å². The molecule has 1 amide bonds. The van der Waals surface area contributed by atoms with E-state index < -0.39 is 0 Å². The molecule has 3 nitrogen and oxygen atoms in total. The molecule has 5 heteroatoms. The van der Waals surface area contributed by atoms with Crippen molar-refractivity contribution in [2.45, 2.75) is 12.6 Å². The average Bonchev–Trinajstić information content (AvgIpc) is 2.50. The van der Waals surface area contributed by atoms with Gasteiger partial charge in [0.1, 0.15) is 6.04 Å². The van der Waals surface area contributed by atoms with Crippen molar-refractivity contribution in [3.05, 3.63) is 20.8 Å². The van der Waals surface area contributed by atoms with E-state index in [0.717, 1.165) is 9.35 Å². The Labute approximate surface area is 88.7 Å². The van der Waals surface area contributed by atoms with E-state index in [1.807, 2.05) is 11.4 Å². The lowest BCUT2D eigenvalue weighted by Crippen LogP contribution is -2.60. The number of β-lactam (4-membered cyclic amide) rings is 1. The molecule has 0 saturated carbocycles. The molecular formula is C8H9BrN2OS. The van der Waals surface area contributed by atoms with Gasteiger partial charge in [0, 0.05) is 13.1 Å². The Hall–Kier alpha value is -0.390. The minimum Gasteiger partial charge on any atom is -0.335 e. The Morgan fingerprint density at radius 3 is 3.00 bits per heavy atom. The highest BCUT2D eigenvalue weighted by Crippen LogP contribution is 2.23. The number of thiophene rings is 1. The Morgan fingerprint density at radius 1 is 1.77 bits per heavy atom. The Balaban J connectivity index is 1.96. The van der Waals surface area contributed by atoms with Crippen molar-refractivity contribution in [1.29, 1.82) is 0 Å². The van der Waals surface area contributed by atoms with E-state index in [4.69, 9.17) is 5.73 Å². The molecule has 2 heterocycles. The minimum atomic E-state index is -0.262. The molecule has 1 aliphatic heterocycles. The smallest absolute Gasteiger partial charge is 0.241 e. The van der Waals surface area contributed by atoms with E-state index in [9.17, 15) is 4.79 Å². The van der Waals surface area contributed by atoms with Gasteiger partial charge in [-0.15, -0.1) is 11.3 Å². The number of carbonyl (C=O) groups excluding carboxylic acids is 1. The number of nitrogens with zero attached hydrogens (tertiary/aromatic N) is 1. The third kappa shape index (κ3) is 1.77. The minimum absolute atomic E-state index is 0.0577. The molecule has 0 spiro atoms. The first kappa shape index (κ1) is 9.18. The highest BCUT2D eigenvalue weighted by atomic mass is 79.9. The van der Waals surface area contributed by atoms with Crippen LogP contribution in [-0.2, 0) is 11.3 Å². The average molecular weight is 261 g/mol. The van der Waals surface area contributed by atoms with Crippen molar-refractivity contribution < 1.29 is 4.79 Å². The molecule has 1 aromatic heterocycles. The quantitative estimate of drug-likeness (QED) is 0.812. The molecule has 0 aliphatic carbocycles. The first-order valence-corrected chi connectivity index (χ1v) is 5.61. The summed E-state index contributed by atoms with van der Waals surface area (Å²) in [5.41, 5.74) is 6.64. The molecule has 1 saturated heterocycles. The molecule has 70 valence electrons. The van der Waals surface area contributed by atoms with E-state index in [2.05, 4.69) is 15.9 Å². The lowest BCUT2D eigenvalue weighted by atomic mass is 10.1. The third-order valence-corrected chi connectivity index (χ3v) is 3.59. The maximum absolute atomic E-state index is 11.2. The van der Waals surface area contributed by atoms with Crippen LogP contribution in [0.2, 0.25) is 0 Å². The predicted molar refractivity (Wildman–Crippen MR) is 55.4 cm³/mol. The largest absolute Gasteiger partial charge is 0.335 e. The third-order valence-electron chi connectivity index (χ3n) is 2.04. The molecule has 1 aromatic rings. The second-order valence-electron chi connectivity index (χ2n) is 3.08. The van der Waals surface area contributed by atoms with Crippen LogP contribution in [0.15, 0.2) is 15.2 Å². The van der Waals surface area contributed by atoms with Crippen LogP contribution in [0.3, 0.4) is 0 Å². The summed E-state index contributed by atoms with van der Waals surface area (Å²) in [7, 11) is 0. The summed E-state index contributed by atoms with van der Waals surface area (Å²) in [6.45, 7) is 1.38. The molecule has 1 unspecified atom stereocenters. The lowest BCUT2D eigenvalue weighted by Gasteiger charge is -2.35. The van der Waals surface area contributed by atoms with E-state index in [-0.39, 0.29) is 11.9 Å². The first-order chi connectivity index (χ1) is 6.16. The van der Waals surface area contributed by atoms with E-state index in [1.165, 1.54) is 0 Å². The molecule has 13 heavy (non-hydrogen) atoms. The van der Waals surface area contributed by atoms with Crippen LogP contribution >= 0.6 is 27.3 Å². The van der Waals surface area contributed by atoms with Crippen molar-refractivity contribution in [3.8, 4) is 0 Å². The summed E-state index contributed by atoms with van der Waals surface area (Å²) in [5.74, 6) is 0.0577. The van der Waals surface area contributed by atoms with Gasteiger partial charge in [0.15, 0.2) is 0 Å². The number of amides is 1. The van der Waals surface area contributed by atoms with E-state index >= 15 is 0 Å². The van der Waals surface area contributed by atoms with Gasteiger partial charge < -0.3 is 10.6 Å². The van der Waals surface area contributed by atoms with Crippen molar-refractivity contribution in [2.24, 2.45) is 5.73 Å². The van der Waals surface area contributed by atoms with Gasteiger partial charge in [-0.3, -0.25) is 4.79 Å². The van der Waals surface area contributed by atoms with Crippen molar-refractivity contribution in [2.75, 3.05) is 6.54 Å². The molecule has 2 rings (SSSR count). The zero-order valence-electron chi connectivity index (χ0n) is 6.87. The number of likely N-dealkylation sites (tertiary alicyclic amines) is 1. The fourth-order valence-electron chi connectivity index (χ4n) is 1.32. The van der Waals surface area contributed by atoms with Crippen LogP contribution in [0, 0.1) is 0 Å². The summed E-state index contributed by atoms with van der Waals surface area (Å²) >= 11 is 5.01. The molecular weight excluding hydrogens is 252 g/mol. The zero-order valence-corrected chi connectivity index (χ0v) is 9.27. The number of rotatable bonds is 2. The molecule has 1 aliphatic rings. The van der Waals surface area contributed by atoms with Gasteiger partial charge in [-0.05, 0) is 32.9 Å². The van der Waals surface area contributed by atoms with Crippen LogP contribution in [0.1, 0.15) is 5.56 Å². The van der Waals surface area contributed by atoms with Gasteiger partial charge in [0.2, 0.25) is 5.91 Å². The van der Waals surface area contributed by atoms with Gasteiger partial charge in [-0.25, -0.2) is 0 Å². The van der Waals surface area contributed by atoms with Gasteiger partial charge >= 0.3 is 0 Å². The highest BCUT2D eigenvalue weighted by molar-refractivity contribution is 9.11. The Bertz CT molecular complexity index is 339. The van der Waals surface area contributed by atoms with Crippen molar-refractivity contribution in [3.63, 3.8) is 0 Å². The van der Waals surface area contributed by atoms with Crippen LogP contribution in [-0.4, -0.2) is 23.4 Å². The molecule has 1 atom stereocenters. The van der Waals surface area contributed by atoms with Crippen LogP contribution in [0.25, 0.3) is 0 Å². The number of nitrogens with two attached hydrogens (primary N) is 1. The van der Waals surface area contributed by atoms with E-state index in [1.54, 1.807) is 16.2 Å². The molecule has 1 fully saturated rings. The van der Waals surface area contributed by atoms with Gasteiger partial charge in [-0.2, -0.15) is 0 Å². The van der Waals surface area contributed by atoms with Crippen LogP contribution in [0.4, 0.5) is 0 Å². The van der Waals surface area contributed by atoms with Crippen LogP contribution in [0.5, 0.6) is 0 Å². The summed E-state index contributed by atoms with van der Waals surface area (Å²) < 4.78 is 1.10. The monoisotopic (exact) mass is 260 g/mol. The highest BCUT2D eigenvalue weighted by Gasteiger charge is 2.33. The van der Waals surface area contributed by atoms with E-state index in [0.29, 0.717) is 13.1 Å². The second kappa shape index (κ2) is 3.40. The summed E-state index contributed by atoms with van der Waals surface area (Å²) in [6.07, 6.45) is 0. The van der Waals surface area contributed by atoms with Crippen molar-refractivity contribution in [1.82, 2.24) is 4.90 Å². The number of hydrogen-bond donors (Lipinski definition) is 1. The summed E-state index contributed by atoms with van der Waals surface area (Å²) in [5, 5.41) is 2.04. The lowest BCUT2D eigenvalue weighted by molar-refractivity contribution is -0.143. The van der Waals surface area contributed by atoms with Gasteiger partial charge in [0.05, 0.1) is 3.79 Å². The Morgan fingerprint density at radius 2 is 2.54 bits per heavy atom. The predicted octanol–water partition coefficient (Wildman–Crippen LogP) is 1.18. The maximum atomic E-state index is 11.2. The number of carbonyl (C=O) groups is 1. The normalized spacial score (nSPS) is 21.8. The summed E-state index contributed by atoms with van der Waals surface area (Å²) in [4.78, 5) is 12.9. The van der Waals surface area contributed by atoms with Gasteiger partial charge in [0.25, 0.3) is 0 Å². The second-order valence-corrected chi connectivity index (χ2v) is 5.37. The topological polar surface area (TPSA) is 46.3 Å². The first-order valence-electron chi connectivity index (χ1n) is 3.94. The summed E-state index contributed by atoms with van der Waals surface area (Å²) in [6, 6.07) is 1.77. The fraction of sp³-hybridized carbons (Fsp3) is 0.375. The van der Waals surface area contributed by atoms with Crippen molar-refractivity contribution >= 4 is 33.2 Å². The Kier molecular flexibility index (Phi) is 2.40. The molecule has 0 radical (unpaired) electrons. The molecule has 0 bridgehead atoms. The fourth-order valence-corrected chi connectivity index (χ4v) is 2.52. The zero-order chi connectivity index (χ0) is 9.42. The maximum Gasteiger partial charge on any atom is 0.241 e. The number of halogens is 1. The number of hydrogen-bond acceptors (Lipinski definition) is 3.